The van der Waals surface area contributed by atoms with Crippen molar-refractivity contribution in [1.82, 2.24) is 4.98 Å². The van der Waals surface area contributed by atoms with Crippen LogP contribution in [0.4, 0.5) is 4.39 Å². The molecule has 1 aromatic heterocycles. The van der Waals surface area contributed by atoms with Crippen LogP contribution >= 0.6 is 10.1 Å². The van der Waals surface area contributed by atoms with Gasteiger partial charge in [-0.25, -0.2) is 9.37 Å². The van der Waals surface area contributed by atoms with Crippen LogP contribution in [0.25, 0.3) is 11.3 Å². The van der Waals surface area contributed by atoms with Gasteiger partial charge in [0.15, 0.2) is 0 Å². The molecule has 0 aliphatic carbocycles. The summed E-state index contributed by atoms with van der Waals surface area (Å²) in [4.78, 5) is 4.29. The van der Waals surface area contributed by atoms with Gasteiger partial charge < -0.3 is 0 Å². The molecule has 0 fully saturated rings. The van der Waals surface area contributed by atoms with Crippen LogP contribution in [0, 0.1) is 6.92 Å². The van der Waals surface area contributed by atoms with E-state index in [1.54, 1.807) is 6.07 Å². The first-order chi connectivity index (χ1) is 8.31. The molecule has 94 valence electrons. The zero-order chi connectivity index (χ0) is 12.7. The first kappa shape index (κ1) is 14.2. The predicted octanol–water partition coefficient (Wildman–Crippen LogP) is 4.21. The summed E-state index contributed by atoms with van der Waals surface area (Å²) >= 11 is 3.66. The van der Waals surface area contributed by atoms with Crippen LogP contribution in [0.3, 0.4) is 0 Å². The Balaban J connectivity index is 0.000000686. The molecule has 0 spiro atoms. The Hall–Kier alpha value is -0.891. The third kappa shape index (κ3) is 3.81. The van der Waals surface area contributed by atoms with Gasteiger partial charge in [-0.2, -0.15) is 0 Å². The first-order valence-electron chi connectivity index (χ1n) is 5.00. The topological polar surface area (TPSA) is 12.9 Å². The number of aromatic nitrogens is 1. The van der Waals surface area contributed by atoms with Gasteiger partial charge in [-0.05, 0) is 18.6 Å². The molecule has 1 nitrogen and oxygen atoms in total. The maximum atomic E-state index is 12.5. The fraction of sp³-hybridized carbons (Fsp3) is 0.154. The molecular formula is C13H12ClCuFN. The minimum atomic E-state index is -0.514. The Bertz CT molecular complexity index is 462. The number of aryl methyl sites for hydroxylation is 1. The van der Waals surface area contributed by atoms with E-state index in [9.17, 15) is 4.39 Å². The Morgan fingerprint density at radius 3 is 2.35 bits per heavy atom. The molecule has 2 aromatic rings. The van der Waals surface area contributed by atoms with Gasteiger partial charge in [0, 0.05) is 5.56 Å². The maximum absolute atomic E-state index is 12.5. The number of rotatable bonds is 2. The standard InChI is InChI=1S/C13H12FN.ClH.Cu/c1-10-7-8-12(9-14)15-13(10)11-5-3-2-4-6-11;;/h2-8H,9H2,1H3;1H;/q;;+1/p-1. The Morgan fingerprint density at radius 2 is 1.76 bits per heavy atom. The molecule has 0 unspecified atom stereocenters. The number of alkyl halides is 1. The Morgan fingerprint density at radius 1 is 1.12 bits per heavy atom. The molecule has 0 aliphatic heterocycles. The minimum absolute atomic E-state index is 0.486. The van der Waals surface area contributed by atoms with Gasteiger partial charge in [0.05, 0.1) is 11.4 Å². The summed E-state index contributed by atoms with van der Waals surface area (Å²) in [5.74, 6) is 0. The number of nitrogens with zero attached hydrogens (tertiary/aromatic N) is 1. The van der Waals surface area contributed by atoms with Crippen molar-refractivity contribution < 1.29 is 19.5 Å². The van der Waals surface area contributed by atoms with E-state index >= 15 is 0 Å². The average Bonchev–Trinajstić information content (AvgIpc) is 2.42. The van der Waals surface area contributed by atoms with Gasteiger partial charge in [-0.3, -0.25) is 0 Å². The van der Waals surface area contributed by atoms with Crippen molar-refractivity contribution >= 4 is 10.1 Å². The number of pyridine rings is 1. The number of benzene rings is 1. The summed E-state index contributed by atoms with van der Waals surface area (Å²) in [6.07, 6.45) is 0. The summed E-state index contributed by atoms with van der Waals surface area (Å²) in [6.45, 7) is 1.47. The van der Waals surface area contributed by atoms with Gasteiger partial charge in [0.25, 0.3) is 0 Å². The predicted molar refractivity (Wildman–Crippen MR) is 65.1 cm³/mol. The van der Waals surface area contributed by atoms with E-state index in [2.05, 4.69) is 30.2 Å². The van der Waals surface area contributed by atoms with Gasteiger partial charge >= 0.3 is 25.2 Å². The average molecular weight is 300 g/mol. The summed E-state index contributed by atoms with van der Waals surface area (Å²) in [7, 11) is 4.20. The molecule has 0 saturated heterocycles. The van der Waals surface area contributed by atoms with Crippen LogP contribution in [0.1, 0.15) is 11.3 Å². The van der Waals surface area contributed by atoms with Gasteiger partial charge in [0.2, 0.25) is 0 Å². The molecule has 0 atom stereocenters. The molecule has 17 heavy (non-hydrogen) atoms. The third-order valence-corrected chi connectivity index (χ3v) is 2.34. The Kier molecular flexibility index (Phi) is 6.20. The molecule has 1 aromatic carbocycles. The summed E-state index contributed by atoms with van der Waals surface area (Å²) in [5, 5.41) is 0. The van der Waals surface area contributed by atoms with E-state index < -0.39 is 6.67 Å². The fourth-order valence-corrected chi connectivity index (χ4v) is 1.53. The number of hydrogen-bond donors (Lipinski definition) is 0. The van der Waals surface area contributed by atoms with Crippen LogP contribution in [0.15, 0.2) is 42.5 Å². The normalized spacial score (nSPS) is 9.47. The fourth-order valence-electron chi connectivity index (χ4n) is 1.53. The van der Waals surface area contributed by atoms with E-state index in [4.69, 9.17) is 0 Å². The van der Waals surface area contributed by atoms with Crippen LogP contribution in [0.5, 0.6) is 0 Å². The molecule has 0 N–H and O–H groups in total. The second-order valence-electron chi connectivity index (χ2n) is 3.47. The van der Waals surface area contributed by atoms with Crippen LogP contribution in [0.2, 0.25) is 0 Å². The van der Waals surface area contributed by atoms with Crippen molar-refractivity contribution in [2.75, 3.05) is 0 Å². The number of halogens is 2. The second kappa shape index (κ2) is 7.44. The molecule has 4 heteroatoms. The first-order valence-corrected chi connectivity index (χ1v) is 6.30. The zero-order valence-corrected chi connectivity index (χ0v) is 11.0. The molecule has 0 bridgehead atoms. The molecular weight excluding hydrogens is 288 g/mol. The SMILES string of the molecule is Cc1ccc(CF)nc1-c1ccccc1.[Cl][Cu]. The third-order valence-electron chi connectivity index (χ3n) is 2.34. The van der Waals surface area contributed by atoms with Crippen molar-refractivity contribution in [2.45, 2.75) is 13.6 Å². The van der Waals surface area contributed by atoms with Crippen molar-refractivity contribution in [1.29, 1.82) is 0 Å². The quantitative estimate of drug-likeness (QED) is 0.757. The van der Waals surface area contributed by atoms with Crippen LogP contribution in [-0.4, -0.2) is 4.98 Å². The molecule has 0 aliphatic rings. The molecule has 0 radical (unpaired) electrons. The van der Waals surface area contributed by atoms with Crippen molar-refractivity contribution in [3.63, 3.8) is 0 Å². The second-order valence-corrected chi connectivity index (χ2v) is 3.47. The van der Waals surface area contributed by atoms with Gasteiger partial charge in [-0.15, -0.1) is 0 Å². The van der Waals surface area contributed by atoms with Gasteiger partial charge in [-0.1, -0.05) is 36.4 Å². The Labute approximate surface area is 113 Å². The van der Waals surface area contributed by atoms with E-state index in [1.807, 2.05) is 43.3 Å². The molecule has 0 amide bonds. The van der Waals surface area contributed by atoms with Crippen LogP contribution < -0.4 is 0 Å². The molecule has 0 saturated carbocycles. The summed E-state index contributed by atoms with van der Waals surface area (Å²) < 4.78 is 12.5. The van der Waals surface area contributed by atoms with Crippen molar-refractivity contribution in [2.24, 2.45) is 0 Å². The van der Waals surface area contributed by atoms with E-state index in [0.717, 1.165) is 16.8 Å². The van der Waals surface area contributed by atoms with E-state index in [-0.39, 0.29) is 0 Å². The molecule has 2 rings (SSSR count). The van der Waals surface area contributed by atoms with Gasteiger partial charge in [0.1, 0.15) is 6.67 Å². The van der Waals surface area contributed by atoms with E-state index in [1.165, 1.54) is 0 Å². The molecule has 1 heterocycles. The number of hydrogen-bond acceptors (Lipinski definition) is 1. The van der Waals surface area contributed by atoms with E-state index in [0.29, 0.717) is 5.69 Å². The van der Waals surface area contributed by atoms with Crippen molar-refractivity contribution in [3.8, 4) is 11.3 Å². The summed E-state index contributed by atoms with van der Waals surface area (Å²) in [6, 6.07) is 13.5. The monoisotopic (exact) mass is 299 g/mol. The summed E-state index contributed by atoms with van der Waals surface area (Å²) in [5.41, 5.74) is 3.45. The zero-order valence-electron chi connectivity index (χ0n) is 9.25. The van der Waals surface area contributed by atoms with Crippen LogP contribution in [-0.2, 0) is 21.8 Å². The van der Waals surface area contributed by atoms with Crippen molar-refractivity contribution in [3.05, 3.63) is 53.7 Å².